The standard InChI is InChI=1S/C16H21FN2O/c1-2-3-8-18-9-11-19(12-10-18)13-16(20)14-4-6-15(17)7-5-14/h1,4-7,16,20H,3,8-13H2. The second-order valence-corrected chi connectivity index (χ2v) is 5.16. The highest BCUT2D eigenvalue weighted by Gasteiger charge is 2.19. The summed E-state index contributed by atoms with van der Waals surface area (Å²) in [4.78, 5) is 4.58. The van der Waals surface area contributed by atoms with Gasteiger partial charge in [-0.25, -0.2) is 4.39 Å². The zero-order chi connectivity index (χ0) is 14.4. The Morgan fingerprint density at radius 3 is 2.35 bits per heavy atom. The molecule has 20 heavy (non-hydrogen) atoms. The molecule has 1 aliphatic rings. The topological polar surface area (TPSA) is 26.7 Å². The van der Waals surface area contributed by atoms with Crippen LogP contribution in [0.3, 0.4) is 0 Å². The van der Waals surface area contributed by atoms with Gasteiger partial charge in [-0.05, 0) is 17.7 Å². The van der Waals surface area contributed by atoms with Gasteiger partial charge >= 0.3 is 0 Å². The summed E-state index contributed by atoms with van der Waals surface area (Å²) in [6, 6.07) is 6.05. The fourth-order valence-electron chi connectivity index (χ4n) is 2.45. The van der Waals surface area contributed by atoms with Crippen LogP contribution in [0.15, 0.2) is 24.3 Å². The van der Waals surface area contributed by atoms with Crippen LogP contribution >= 0.6 is 0 Å². The highest BCUT2D eigenvalue weighted by molar-refractivity contribution is 5.18. The summed E-state index contributed by atoms with van der Waals surface area (Å²) in [6.07, 6.45) is 5.49. The minimum Gasteiger partial charge on any atom is -0.387 e. The lowest BCUT2D eigenvalue weighted by Gasteiger charge is -2.35. The Labute approximate surface area is 120 Å². The summed E-state index contributed by atoms with van der Waals surface area (Å²) >= 11 is 0. The van der Waals surface area contributed by atoms with Gasteiger partial charge in [0, 0.05) is 45.7 Å². The lowest BCUT2D eigenvalue weighted by atomic mass is 10.1. The van der Waals surface area contributed by atoms with Crippen molar-refractivity contribution in [1.29, 1.82) is 0 Å². The van der Waals surface area contributed by atoms with E-state index in [9.17, 15) is 9.50 Å². The molecule has 1 aliphatic heterocycles. The monoisotopic (exact) mass is 276 g/mol. The van der Waals surface area contributed by atoms with E-state index in [-0.39, 0.29) is 5.82 Å². The molecular formula is C16H21FN2O. The average Bonchev–Trinajstić information content (AvgIpc) is 2.47. The first-order valence-electron chi connectivity index (χ1n) is 7.01. The van der Waals surface area contributed by atoms with E-state index in [0.717, 1.165) is 44.7 Å². The second-order valence-electron chi connectivity index (χ2n) is 5.16. The number of nitrogens with zero attached hydrogens (tertiary/aromatic N) is 2. The number of aliphatic hydroxyl groups excluding tert-OH is 1. The fourth-order valence-corrected chi connectivity index (χ4v) is 2.45. The van der Waals surface area contributed by atoms with Gasteiger partial charge in [-0.15, -0.1) is 12.3 Å². The van der Waals surface area contributed by atoms with Crippen molar-refractivity contribution in [2.45, 2.75) is 12.5 Å². The van der Waals surface area contributed by atoms with Gasteiger partial charge in [-0.2, -0.15) is 0 Å². The zero-order valence-electron chi connectivity index (χ0n) is 11.6. The zero-order valence-corrected chi connectivity index (χ0v) is 11.6. The number of rotatable bonds is 5. The Morgan fingerprint density at radius 2 is 1.75 bits per heavy atom. The quantitative estimate of drug-likeness (QED) is 0.826. The summed E-state index contributed by atoms with van der Waals surface area (Å²) in [6.45, 7) is 5.38. The minimum absolute atomic E-state index is 0.275. The number of hydrogen-bond donors (Lipinski definition) is 1. The van der Waals surface area contributed by atoms with Gasteiger partial charge in [-0.3, -0.25) is 9.80 Å². The van der Waals surface area contributed by atoms with Crippen LogP contribution in [0.4, 0.5) is 4.39 Å². The lowest BCUT2D eigenvalue weighted by molar-refractivity contribution is 0.0733. The summed E-state index contributed by atoms with van der Waals surface area (Å²) in [5.74, 6) is 2.38. The third kappa shape index (κ3) is 4.31. The van der Waals surface area contributed by atoms with Gasteiger partial charge in [0.1, 0.15) is 5.82 Å². The maximum absolute atomic E-state index is 12.8. The molecule has 108 valence electrons. The Morgan fingerprint density at radius 1 is 1.15 bits per heavy atom. The number of terminal acetylenes is 1. The van der Waals surface area contributed by atoms with Crippen LogP contribution in [-0.2, 0) is 0 Å². The van der Waals surface area contributed by atoms with E-state index in [1.165, 1.54) is 12.1 Å². The molecule has 3 nitrogen and oxygen atoms in total. The fraction of sp³-hybridized carbons (Fsp3) is 0.500. The van der Waals surface area contributed by atoms with Crippen molar-refractivity contribution in [1.82, 2.24) is 9.80 Å². The molecule has 1 aromatic carbocycles. The van der Waals surface area contributed by atoms with Gasteiger partial charge in [0.2, 0.25) is 0 Å². The molecule has 1 unspecified atom stereocenters. The lowest BCUT2D eigenvalue weighted by Crippen LogP contribution is -2.47. The smallest absolute Gasteiger partial charge is 0.123 e. The van der Waals surface area contributed by atoms with E-state index < -0.39 is 6.10 Å². The molecule has 0 saturated carbocycles. The van der Waals surface area contributed by atoms with Crippen LogP contribution in [0.25, 0.3) is 0 Å². The van der Waals surface area contributed by atoms with E-state index in [0.29, 0.717) is 6.54 Å². The molecule has 0 bridgehead atoms. The second kappa shape index (κ2) is 7.39. The normalized spacial score (nSPS) is 18.6. The Hall–Kier alpha value is -1.41. The van der Waals surface area contributed by atoms with Gasteiger partial charge in [0.05, 0.1) is 6.10 Å². The molecule has 1 saturated heterocycles. The number of hydrogen-bond acceptors (Lipinski definition) is 3. The summed E-state index contributed by atoms with van der Waals surface area (Å²) in [5, 5.41) is 10.2. The predicted molar refractivity (Wildman–Crippen MR) is 77.7 cm³/mol. The largest absolute Gasteiger partial charge is 0.387 e. The van der Waals surface area contributed by atoms with Crippen molar-refractivity contribution in [3.05, 3.63) is 35.6 Å². The van der Waals surface area contributed by atoms with E-state index in [2.05, 4.69) is 15.7 Å². The van der Waals surface area contributed by atoms with Gasteiger partial charge in [0.25, 0.3) is 0 Å². The first-order chi connectivity index (χ1) is 9.69. The van der Waals surface area contributed by atoms with Gasteiger partial charge < -0.3 is 5.11 Å². The van der Waals surface area contributed by atoms with Crippen LogP contribution < -0.4 is 0 Å². The molecule has 0 radical (unpaired) electrons. The minimum atomic E-state index is -0.562. The molecule has 4 heteroatoms. The number of benzene rings is 1. The van der Waals surface area contributed by atoms with E-state index >= 15 is 0 Å². The van der Waals surface area contributed by atoms with Crippen LogP contribution in [0.2, 0.25) is 0 Å². The van der Waals surface area contributed by atoms with Crippen LogP contribution in [0.1, 0.15) is 18.1 Å². The number of aliphatic hydroxyl groups is 1. The molecule has 1 aromatic rings. The molecule has 0 amide bonds. The maximum Gasteiger partial charge on any atom is 0.123 e. The first kappa shape index (κ1) is 15.0. The van der Waals surface area contributed by atoms with Gasteiger partial charge in [0.15, 0.2) is 0 Å². The number of β-amino-alcohol motifs (C(OH)–C–C–N with tert-alkyl or cyclic N) is 1. The van der Waals surface area contributed by atoms with E-state index in [1.54, 1.807) is 12.1 Å². The van der Waals surface area contributed by atoms with Crippen LogP contribution in [-0.4, -0.2) is 54.2 Å². The van der Waals surface area contributed by atoms with Crippen LogP contribution in [0, 0.1) is 18.2 Å². The van der Waals surface area contributed by atoms with Crippen molar-refractivity contribution in [2.24, 2.45) is 0 Å². The Kier molecular flexibility index (Phi) is 5.54. The number of halogens is 1. The molecule has 0 aromatic heterocycles. The summed E-state index contributed by atoms with van der Waals surface area (Å²) in [5.41, 5.74) is 0.765. The molecule has 1 atom stereocenters. The molecule has 0 spiro atoms. The van der Waals surface area contributed by atoms with E-state index in [1.807, 2.05) is 0 Å². The molecular weight excluding hydrogens is 255 g/mol. The van der Waals surface area contributed by atoms with E-state index in [4.69, 9.17) is 6.42 Å². The molecule has 0 aliphatic carbocycles. The molecule has 2 rings (SSSR count). The summed E-state index contributed by atoms with van der Waals surface area (Å²) < 4.78 is 12.8. The Balaban J connectivity index is 1.77. The third-order valence-corrected chi connectivity index (χ3v) is 3.72. The van der Waals surface area contributed by atoms with Crippen molar-refractivity contribution in [2.75, 3.05) is 39.3 Å². The SMILES string of the molecule is C#CCCN1CCN(CC(O)c2ccc(F)cc2)CC1. The molecule has 1 fully saturated rings. The predicted octanol–water partition coefficient (Wildman–Crippen LogP) is 1.50. The van der Waals surface area contributed by atoms with Crippen molar-refractivity contribution < 1.29 is 9.50 Å². The highest BCUT2D eigenvalue weighted by atomic mass is 19.1. The van der Waals surface area contributed by atoms with Gasteiger partial charge in [-0.1, -0.05) is 12.1 Å². The van der Waals surface area contributed by atoms with Crippen molar-refractivity contribution >= 4 is 0 Å². The first-order valence-corrected chi connectivity index (χ1v) is 7.01. The number of piperazine rings is 1. The average molecular weight is 276 g/mol. The molecule has 1 N–H and O–H groups in total. The Bertz CT molecular complexity index is 447. The molecule has 1 heterocycles. The third-order valence-electron chi connectivity index (χ3n) is 3.72. The van der Waals surface area contributed by atoms with Crippen LogP contribution in [0.5, 0.6) is 0 Å². The highest BCUT2D eigenvalue weighted by Crippen LogP contribution is 2.16. The maximum atomic E-state index is 12.8. The van der Waals surface area contributed by atoms with Crippen molar-refractivity contribution in [3.63, 3.8) is 0 Å². The summed E-state index contributed by atoms with van der Waals surface area (Å²) in [7, 11) is 0. The van der Waals surface area contributed by atoms with Crippen molar-refractivity contribution in [3.8, 4) is 12.3 Å².